The van der Waals surface area contributed by atoms with Crippen molar-refractivity contribution in [1.29, 1.82) is 0 Å². The van der Waals surface area contributed by atoms with E-state index >= 15 is 0 Å². The molecule has 2 aromatic rings. The summed E-state index contributed by atoms with van der Waals surface area (Å²) in [6.45, 7) is 0. The molecule has 0 aliphatic carbocycles. The summed E-state index contributed by atoms with van der Waals surface area (Å²) in [5, 5.41) is 3.79. The second-order valence-electron chi connectivity index (χ2n) is 3.67. The van der Waals surface area contributed by atoms with Crippen LogP contribution in [0.2, 0.25) is 0 Å². The van der Waals surface area contributed by atoms with Gasteiger partial charge in [-0.15, -0.1) is 0 Å². The number of H-pyrrole nitrogens is 2. The normalized spacial score (nSPS) is 11.6. The number of hydrogen-bond acceptors (Lipinski definition) is 2. The highest BCUT2D eigenvalue weighted by atomic mass is 79.9. The Hall–Kier alpha value is -1.70. The maximum Gasteiger partial charge on any atom is 0.433 e. The van der Waals surface area contributed by atoms with Crippen LogP contribution in [0.3, 0.4) is 0 Å². The van der Waals surface area contributed by atoms with Gasteiger partial charge in [-0.3, -0.25) is 15.0 Å². The van der Waals surface area contributed by atoms with E-state index in [0.717, 1.165) is 0 Å². The molecule has 19 heavy (non-hydrogen) atoms. The molecule has 0 spiro atoms. The fourth-order valence-electron chi connectivity index (χ4n) is 1.70. The van der Waals surface area contributed by atoms with Crippen molar-refractivity contribution >= 4 is 15.9 Å². The van der Waals surface area contributed by atoms with Crippen LogP contribution in [-0.2, 0) is 6.18 Å². The second kappa shape index (κ2) is 4.76. The molecule has 0 atom stereocenters. The van der Waals surface area contributed by atoms with Gasteiger partial charge in [0, 0.05) is 10.0 Å². The van der Waals surface area contributed by atoms with Gasteiger partial charge in [-0.25, -0.2) is 0 Å². The van der Waals surface area contributed by atoms with Crippen molar-refractivity contribution in [3.05, 3.63) is 38.7 Å². The molecule has 0 saturated carbocycles. The molecule has 0 radical (unpaired) electrons. The molecular formula is C11H8BrF3N2O2. The lowest BCUT2D eigenvalue weighted by Crippen LogP contribution is -2.10. The molecule has 0 aliphatic rings. The highest BCUT2D eigenvalue weighted by Gasteiger charge is 2.37. The number of ether oxygens (including phenoxy) is 1. The number of hydrogen-bond donors (Lipinski definition) is 2. The fourth-order valence-corrected chi connectivity index (χ4v) is 2.04. The summed E-state index contributed by atoms with van der Waals surface area (Å²) in [6, 6.07) is 4.41. The van der Waals surface area contributed by atoms with Crippen LogP contribution in [0.15, 0.2) is 27.5 Å². The standard InChI is InChI=1S/C11H8BrF3N2O2/c1-19-7-4-5(12)2-3-6(7)8-9(11(13,14)15)16-17-10(8)18/h2-4H,1H3,(H2,16,17,18). The van der Waals surface area contributed by atoms with Crippen LogP contribution in [0.25, 0.3) is 11.1 Å². The molecule has 8 heteroatoms. The first-order valence-electron chi connectivity index (χ1n) is 5.06. The Morgan fingerprint density at radius 3 is 2.53 bits per heavy atom. The number of rotatable bonds is 2. The van der Waals surface area contributed by atoms with Gasteiger partial charge in [-0.1, -0.05) is 15.9 Å². The van der Waals surface area contributed by atoms with E-state index in [1.54, 1.807) is 0 Å². The van der Waals surface area contributed by atoms with Crippen LogP contribution in [0, 0.1) is 0 Å². The van der Waals surface area contributed by atoms with Crippen molar-refractivity contribution < 1.29 is 17.9 Å². The van der Waals surface area contributed by atoms with Gasteiger partial charge in [0.1, 0.15) is 11.4 Å². The highest BCUT2D eigenvalue weighted by molar-refractivity contribution is 9.10. The van der Waals surface area contributed by atoms with E-state index in [-0.39, 0.29) is 11.3 Å². The van der Waals surface area contributed by atoms with E-state index in [0.29, 0.717) is 4.47 Å². The van der Waals surface area contributed by atoms with Gasteiger partial charge in [-0.05, 0) is 18.2 Å². The molecule has 0 fully saturated rings. The Labute approximate surface area is 113 Å². The monoisotopic (exact) mass is 336 g/mol. The summed E-state index contributed by atoms with van der Waals surface area (Å²) in [5.41, 5.74) is -2.40. The predicted molar refractivity (Wildman–Crippen MR) is 66.1 cm³/mol. The van der Waals surface area contributed by atoms with E-state index < -0.39 is 23.0 Å². The molecule has 2 N–H and O–H groups in total. The Kier molecular flexibility index (Phi) is 3.44. The Balaban J connectivity index is 2.73. The first-order chi connectivity index (χ1) is 8.84. The van der Waals surface area contributed by atoms with E-state index in [9.17, 15) is 18.0 Å². The Morgan fingerprint density at radius 2 is 1.95 bits per heavy atom. The van der Waals surface area contributed by atoms with Crippen LogP contribution in [-0.4, -0.2) is 17.3 Å². The number of alkyl halides is 3. The van der Waals surface area contributed by atoms with E-state index in [2.05, 4.69) is 15.9 Å². The number of halogens is 4. The molecular weight excluding hydrogens is 329 g/mol. The number of benzene rings is 1. The van der Waals surface area contributed by atoms with Gasteiger partial charge in [0.2, 0.25) is 0 Å². The highest BCUT2D eigenvalue weighted by Crippen LogP contribution is 2.38. The largest absolute Gasteiger partial charge is 0.496 e. The van der Waals surface area contributed by atoms with E-state index in [4.69, 9.17) is 4.74 Å². The average Bonchev–Trinajstić information content (AvgIpc) is 2.71. The first kappa shape index (κ1) is 13.7. The minimum Gasteiger partial charge on any atom is -0.496 e. The molecule has 0 unspecified atom stereocenters. The van der Waals surface area contributed by atoms with Gasteiger partial charge in [-0.2, -0.15) is 13.2 Å². The fraction of sp³-hybridized carbons (Fsp3) is 0.182. The zero-order valence-electron chi connectivity index (χ0n) is 9.56. The summed E-state index contributed by atoms with van der Waals surface area (Å²) in [7, 11) is 1.32. The summed E-state index contributed by atoms with van der Waals surface area (Å²) < 4.78 is 44.1. The predicted octanol–water partition coefficient (Wildman–Crippen LogP) is 3.16. The van der Waals surface area contributed by atoms with Crippen molar-refractivity contribution in [2.45, 2.75) is 6.18 Å². The minimum absolute atomic E-state index is 0.0699. The lowest BCUT2D eigenvalue weighted by Gasteiger charge is -2.10. The van der Waals surface area contributed by atoms with Crippen LogP contribution >= 0.6 is 15.9 Å². The quantitative estimate of drug-likeness (QED) is 0.884. The van der Waals surface area contributed by atoms with Crippen molar-refractivity contribution in [3.8, 4) is 16.9 Å². The Morgan fingerprint density at radius 1 is 1.26 bits per heavy atom. The smallest absolute Gasteiger partial charge is 0.433 e. The molecule has 0 aliphatic heterocycles. The van der Waals surface area contributed by atoms with Crippen LogP contribution in [0.4, 0.5) is 13.2 Å². The third-order valence-corrected chi connectivity index (χ3v) is 2.99. The third-order valence-electron chi connectivity index (χ3n) is 2.49. The topological polar surface area (TPSA) is 57.9 Å². The molecule has 0 bridgehead atoms. The number of methoxy groups -OCH3 is 1. The van der Waals surface area contributed by atoms with E-state index in [1.165, 1.54) is 25.3 Å². The van der Waals surface area contributed by atoms with Crippen molar-refractivity contribution in [3.63, 3.8) is 0 Å². The summed E-state index contributed by atoms with van der Waals surface area (Å²) in [4.78, 5) is 11.6. The molecule has 4 nitrogen and oxygen atoms in total. The van der Waals surface area contributed by atoms with Crippen LogP contribution in [0.1, 0.15) is 5.69 Å². The molecule has 102 valence electrons. The van der Waals surface area contributed by atoms with Gasteiger partial charge in [0.05, 0.1) is 12.7 Å². The molecule has 1 aromatic heterocycles. The third kappa shape index (κ3) is 2.53. The van der Waals surface area contributed by atoms with Crippen LogP contribution in [0.5, 0.6) is 5.75 Å². The van der Waals surface area contributed by atoms with Crippen LogP contribution < -0.4 is 10.3 Å². The number of nitrogens with one attached hydrogen (secondary N) is 2. The SMILES string of the molecule is COc1cc(Br)ccc1-c1c(C(F)(F)F)[nH][nH]c1=O. The van der Waals surface area contributed by atoms with E-state index in [1.807, 2.05) is 10.2 Å². The minimum atomic E-state index is -4.66. The second-order valence-corrected chi connectivity index (χ2v) is 4.59. The van der Waals surface area contributed by atoms with Gasteiger partial charge in [0.25, 0.3) is 5.56 Å². The van der Waals surface area contributed by atoms with Gasteiger partial charge >= 0.3 is 6.18 Å². The summed E-state index contributed by atoms with van der Waals surface area (Å²) >= 11 is 3.18. The maximum atomic E-state index is 12.8. The average molecular weight is 337 g/mol. The molecule has 0 saturated heterocycles. The number of aromatic nitrogens is 2. The molecule has 0 amide bonds. The van der Waals surface area contributed by atoms with Crippen molar-refractivity contribution in [2.24, 2.45) is 0 Å². The van der Waals surface area contributed by atoms with Gasteiger partial charge in [0.15, 0.2) is 0 Å². The molecule has 1 heterocycles. The number of aromatic amines is 2. The van der Waals surface area contributed by atoms with Crippen molar-refractivity contribution in [2.75, 3.05) is 7.11 Å². The lowest BCUT2D eigenvalue weighted by atomic mass is 10.0. The summed E-state index contributed by atoms with van der Waals surface area (Å²) in [5.74, 6) is 0.171. The zero-order valence-corrected chi connectivity index (χ0v) is 11.1. The Bertz CT molecular complexity index is 661. The zero-order chi connectivity index (χ0) is 14.2. The molecule has 1 aromatic carbocycles. The van der Waals surface area contributed by atoms with Crippen molar-refractivity contribution in [1.82, 2.24) is 10.2 Å². The summed E-state index contributed by atoms with van der Waals surface area (Å²) in [6.07, 6.45) is -4.66. The maximum absolute atomic E-state index is 12.8. The molecule has 2 rings (SSSR count). The first-order valence-corrected chi connectivity index (χ1v) is 5.85. The lowest BCUT2D eigenvalue weighted by molar-refractivity contribution is -0.140. The van der Waals surface area contributed by atoms with Gasteiger partial charge < -0.3 is 4.74 Å².